The van der Waals surface area contributed by atoms with E-state index in [9.17, 15) is 0 Å². The number of nitrogens with zero attached hydrogens (tertiary/aromatic N) is 6. The fourth-order valence-electron chi connectivity index (χ4n) is 1.20. The minimum Gasteiger partial charge on any atom is -0.309 e. The molecule has 0 atom stereocenters. The Labute approximate surface area is 114 Å². The number of hydrogen-bond donors (Lipinski definition) is 0. The Morgan fingerprint density at radius 2 is 2.17 bits per heavy atom. The van der Waals surface area contributed by atoms with Crippen LogP contribution in [0.15, 0.2) is 23.6 Å². The van der Waals surface area contributed by atoms with Crippen LogP contribution in [0.1, 0.15) is 0 Å². The molecule has 2 aromatic rings. The van der Waals surface area contributed by atoms with E-state index < -0.39 is 0 Å². The zero-order chi connectivity index (χ0) is 13.0. The Morgan fingerprint density at radius 3 is 2.83 bits per heavy atom. The Kier molecular flexibility index (Phi) is 4.51. The van der Waals surface area contributed by atoms with Crippen LogP contribution >= 0.6 is 23.4 Å². The van der Waals surface area contributed by atoms with Crippen molar-refractivity contribution in [3.8, 4) is 5.95 Å². The molecule has 0 amide bonds. The second-order valence-electron chi connectivity index (χ2n) is 3.79. The summed E-state index contributed by atoms with van der Waals surface area (Å²) < 4.78 is 1.56. The van der Waals surface area contributed by atoms with E-state index in [1.807, 2.05) is 14.1 Å². The molecule has 0 fully saturated rings. The van der Waals surface area contributed by atoms with Crippen molar-refractivity contribution >= 4 is 23.4 Å². The first-order valence-corrected chi connectivity index (χ1v) is 6.70. The Bertz CT molecular complexity index is 501. The fraction of sp³-hybridized carbons (Fsp3) is 0.400. The second kappa shape index (κ2) is 6.12. The van der Waals surface area contributed by atoms with Crippen molar-refractivity contribution in [1.29, 1.82) is 0 Å². The zero-order valence-corrected chi connectivity index (χ0v) is 11.7. The lowest BCUT2D eigenvalue weighted by Gasteiger charge is -2.08. The minimum atomic E-state index is 0.183. The monoisotopic (exact) mass is 284 g/mol. The van der Waals surface area contributed by atoms with E-state index in [0.29, 0.717) is 11.1 Å². The molecule has 0 radical (unpaired) electrons. The molecule has 2 aromatic heterocycles. The van der Waals surface area contributed by atoms with E-state index in [-0.39, 0.29) is 5.28 Å². The van der Waals surface area contributed by atoms with Crippen LogP contribution in [0.2, 0.25) is 5.28 Å². The predicted octanol–water partition coefficient (Wildman–Crippen LogP) is 1.36. The van der Waals surface area contributed by atoms with E-state index in [0.717, 1.165) is 12.3 Å². The van der Waals surface area contributed by atoms with Gasteiger partial charge in [-0.25, -0.2) is 4.68 Å². The van der Waals surface area contributed by atoms with Crippen molar-refractivity contribution in [1.82, 2.24) is 29.6 Å². The van der Waals surface area contributed by atoms with Crippen molar-refractivity contribution in [2.75, 3.05) is 26.4 Å². The number of rotatable bonds is 5. The molecule has 0 bridgehead atoms. The first kappa shape index (κ1) is 13.3. The van der Waals surface area contributed by atoms with Gasteiger partial charge in [0.15, 0.2) is 5.16 Å². The molecule has 0 aliphatic carbocycles. The fourth-order valence-corrected chi connectivity index (χ4v) is 2.34. The van der Waals surface area contributed by atoms with Gasteiger partial charge in [-0.3, -0.25) is 0 Å². The van der Waals surface area contributed by atoms with Crippen molar-refractivity contribution in [3.63, 3.8) is 0 Å². The molecule has 2 heterocycles. The van der Waals surface area contributed by atoms with Crippen molar-refractivity contribution < 1.29 is 0 Å². The van der Waals surface area contributed by atoms with Gasteiger partial charge in [-0.15, -0.1) is 0 Å². The van der Waals surface area contributed by atoms with Gasteiger partial charge in [-0.05, 0) is 31.8 Å². The Balaban J connectivity index is 2.12. The molecule has 6 nitrogen and oxygen atoms in total. The molecular weight excluding hydrogens is 272 g/mol. The largest absolute Gasteiger partial charge is 0.309 e. The van der Waals surface area contributed by atoms with Gasteiger partial charge in [0, 0.05) is 24.7 Å². The molecule has 0 aliphatic heterocycles. The lowest BCUT2D eigenvalue weighted by molar-refractivity contribution is 0.437. The first-order chi connectivity index (χ1) is 8.65. The van der Waals surface area contributed by atoms with Crippen LogP contribution in [0.5, 0.6) is 0 Å². The summed E-state index contributed by atoms with van der Waals surface area (Å²) in [4.78, 5) is 14.5. The summed E-state index contributed by atoms with van der Waals surface area (Å²) in [5.74, 6) is 1.33. The van der Waals surface area contributed by atoms with Gasteiger partial charge in [0.25, 0.3) is 5.95 Å². The summed E-state index contributed by atoms with van der Waals surface area (Å²) >= 11 is 7.43. The van der Waals surface area contributed by atoms with Crippen LogP contribution in [0.25, 0.3) is 5.95 Å². The molecule has 18 heavy (non-hydrogen) atoms. The molecule has 0 spiro atoms. The van der Waals surface area contributed by atoms with E-state index in [4.69, 9.17) is 11.6 Å². The van der Waals surface area contributed by atoms with Crippen LogP contribution in [-0.2, 0) is 0 Å². The van der Waals surface area contributed by atoms with Gasteiger partial charge in [0.1, 0.15) is 0 Å². The highest BCUT2D eigenvalue weighted by molar-refractivity contribution is 7.99. The summed E-state index contributed by atoms with van der Waals surface area (Å²) in [5, 5.41) is 4.86. The smallest absolute Gasteiger partial charge is 0.255 e. The van der Waals surface area contributed by atoms with Crippen LogP contribution in [0.4, 0.5) is 0 Å². The highest BCUT2D eigenvalue weighted by Crippen LogP contribution is 2.15. The van der Waals surface area contributed by atoms with Crippen molar-refractivity contribution in [2.24, 2.45) is 0 Å². The van der Waals surface area contributed by atoms with Gasteiger partial charge < -0.3 is 4.90 Å². The number of hydrogen-bond acceptors (Lipinski definition) is 6. The highest BCUT2D eigenvalue weighted by atomic mass is 35.5. The molecule has 0 unspecified atom stereocenters. The quantitative estimate of drug-likeness (QED) is 0.773. The highest BCUT2D eigenvalue weighted by Gasteiger charge is 2.07. The summed E-state index contributed by atoms with van der Waals surface area (Å²) in [6, 6.07) is 1.80. The molecule has 0 aromatic carbocycles. The van der Waals surface area contributed by atoms with E-state index in [2.05, 4.69) is 25.0 Å². The predicted molar refractivity (Wildman–Crippen MR) is 71.2 cm³/mol. The molecule has 96 valence electrons. The van der Waals surface area contributed by atoms with Crippen LogP contribution in [0, 0.1) is 0 Å². The maximum absolute atomic E-state index is 5.88. The lowest BCUT2D eigenvalue weighted by atomic mass is 10.7. The molecule has 2 rings (SSSR count). The first-order valence-electron chi connectivity index (χ1n) is 5.34. The minimum absolute atomic E-state index is 0.183. The molecule has 0 N–H and O–H groups in total. The summed E-state index contributed by atoms with van der Waals surface area (Å²) in [7, 11) is 4.05. The van der Waals surface area contributed by atoms with Gasteiger partial charge >= 0.3 is 0 Å². The SMILES string of the molecule is CN(C)CCSc1nc(Cl)nc(-n2cccn2)n1. The summed E-state index contributed by atoms with van der Waals surface area (Å²) in [6.45, 7) is 0.949. The third-order valence-corrected chi connectivity index (χ3v) is 3.05. The second-order valence-corrected chi connectivity index (χ2v) is 5.19. The summed E-state index contributed by atoms with van der Waals surface area (Å²) in [6.07, 6.45) is 3.43. The Hall–Kier alpha value is -1.18. The average Bonchev–Trinajstić information content (AvgIpc) is 2.81. The van der Waals surface area contributed by atoms with E-state index >= 15 is 0 Å². The molecule has 8 heteroatoms. The normalized spacial score (nSPS) is 11.1. The topological polar surface area (TPSA) is 59.7 Å². The van der Waals surface area contributed by atoms with Gasteiger partial charge in [0.05, 0.1) is 0 Å². The third kappa shape index (κ3) is 3.66. The van der Waals surface area contributed by atoms with E-state index in [1.165, 1.54) is 0 Å². The van der Waals surface area contributed by atoms with Crippen LogP contribution in [-0.4, -0.2) is 56.0 Å². The van der Waals surface area contributed by atoms with Crippen LogP contribution in [0.3, 0.4) is 0 Å². The number of aromatic nitrogens is 5. The maximum atomic E-state index is 5.88. The maximum Gasteiger partial charge on any atom is 0.255 e. The van der Waals surface area contributed by atoms with Gasteiger partial charge in [-0.1, -0.05) is 11.8 Å². The number of thioether (sulfide) groups is 1. The third-order valence-electron chi connectivity index (χ3n) is 2.05. The molecular formula is C10H13ClN6S. The zero-order valence-electron chi connectivity index (χ0n) is 10.1. The summed E-state index contributed by atoms with van der Waals surface area (Å²) in [5.41, 5.74) is 0. The number of halogens is 1. The van der Waals surface area contributed by atoms with Gasteiger partial charge in [-0.2, -0.15) is 20.1 Å². The van der Waals surface area contributed by atoms with Crippen molar-refractivity contribution in [3.05, 3.63) is 23.7 Å². The molecule has 0 saturated carbocycles. The lowest BCUT2D eigenvalue weighted by Crippen LogP contribution is -2.15. The van der Waals surface area contributed by atoms with Crippen molar-refractivity contribution in [2.45, 2.75) is 5.16 Å². The van der Waals surface area contributed by atoms with E-state index in [1.54, 1.807) is 34.9 Å². The molecule has 0 saturated heterocycles. The Morgan fingerprint density at radius 1 is 1.33 bits per heavy atom. The molecule has 0 aliphatic rings. The average molecular weight is 285 g/mol. The van der Waals surface area contributed by atoms with Gasteiger partial charge in [0.2, 0.25) is 5.28 Å². The van der Waals surface area contributed by atoms with Crippen LogP contribution < -0.4 is 0 Å². The standard InChI is InChI=1S/C10H13ClN6S/c1-16(2)6-7-18-10-14-8(11)13-9(15-10)17-5-3-4-12-17/h3-5H,6-7H2,1-2H3.